The van der Waals surface area contributed by atoms with Crippen LogP contribution in [0.3, 0.4) is 0 Å². The van der Waals surface area contributed by atoms with Gasteiger partial charge < -0.3 is 0 Å². The molecule has 1 spiro atoms. The predicted octanol–water partition coefficient (Wildman–Crippen LogP) is 13.2. The van der Waals surface area contributed by atoms with Gasteiger partial charge >= 0.3 is 0 Å². The molecule has 10 aromatic rings. The highest BCUT2D eigenvalue weighted by Gasteiger charge is 2.51. The Hall–Kier alpha value is -7.49. The Kier molecular flexibility index (Phi) is 6.84. The Morgan fingerprint density at radius 3 is 1.40 bits per heavy atom. The summed E-state index contributed by atoms with van der Waals surface area (Å²) in [5, 5.41) is 5.32. The Labute approximate surface area is 330 Å². The molecule has 0 amide bonds. The Morgan fingerprint density at radius 2 is 0.719 bits per heavy atom. The Morgan fingerprint density at radius 1 is 0.281 bits per heavy atom. The number of aromatic nitrogens is 3. The molecule has 3 nitrogen and oxygen atoms in total. The van der Waals surface area contributed by atoms with E-state index in [9.17, 15) is 0 Å². The molecule has 0 aliphatic heterocycles. The maximum absolute atomic E-state index is 5.15. The van der Waals surface area contributed by atoms with Crippen molar-refractivity contribution in [2.45, 2.75) is 5.41 Å². The van der Waals surface area contributed by atoms with Crippen LogP contribution in [-0.2, 0) is 5.41 Å². The molecule has 0 saturated heterocycles. The fourth-order valence-electron chi connectivity index (χ4n) is 9.69. The van der Waals surface area contributed by atoms with Crippen molar-refractivity contribution in [1.82, 2.24) is 15.0 Å². The van der Waals surface area contributed by atoms with Gasteiger partial charge in [-0.25, -0.2) is 15.0 Å². The molecule has 2 aliphatic rings. The first-order valence-corrected chi connectivity index (χ1v) is 19.5. The van der Waals surface area contributed by atoms with Crippen LogP contribution < -0.4 is 0 Å². The Bertz CT molecular complexity index is 3160. The predicted molar refractivity (Wildman–Crippen MR) is 233 cm³/mol. The van der Waals surface area contributed by atoms with Crippen molar-refractivity contribution in [2.75, 3.05) is 0 Å². The van der Waals surface area contributed by atoms with Gasteiger partial charge in [-0.15, -0.1) is 0 Å². The average molecular weight is 724 g/mol. The molecule has 0 N–H and O–H groups in total. The molecule has 57 heavy (non-hydrogen) atoms. The Balaban J connectivity index is 1.03. The zero-order valence-electron chi connectivity index (χ0n) is 30.9. The molecule has 3 heteroatoms. The number of fused-ring (bicyclic) bond motifs is 7. The van der Waals surface area contributed by atoms with E-state index in [2.05, 4.69) is 176 Å². The summed E-state index contributed by atoms with van der Waals surface area (Å²) in [5.74, 6) is 1.93. The van der Waals surface area contributed by atoms with Crippen LogP contribution in [0, 0.1) is 0 Å². The molecule has 0 fully saturated rings. The lowest BCUT2D eigenvalue weighted by atomic mass is 9.70. The first kappa shape index (κ1) is 31.8. The van der Waals surface area contributed by atoms with E-state index in [1.54, 1.807) is 0 Å². The molecule has 0 atom stereocenters. The van der Waals surface area contributed by atoms with E-state index in [0.717, 1.165) is 27.8 Å². The van der Waals surface area contributed by atoms with Gasteiger partial charge in [0.2, 0.25) is 0 Å². The standard InChI is InChI=1S/C54H33N3/c1-3-13-34(14-4-1)35-27-31-39(32-28-35)52-55-51(38-15-5-2-6-16-38)56-53(57-52)41-20-9-19-40(33-41)42-22-12-26-47-50(42)43-21-7-8-23-44(43)54(47)45-24-10-17-36-29-30-37-18-11-25-46(54)49(37)48(36)45/h1-33H. The van der Waals surface area contributed by atoms with Crippen molar-refractivity contribution in [3.63, 3.8) is 0 Å². The molecule has 0 bridgehead atoms. The van der Waals surface area contributed by atoms with Crippen LogP contribution in [0.1, 0.15) is 22.3 Å². The lowest BCUT2D eigenvalue weighted by Gasteiger charge is -2.31. The highest BCUT2D eigenvalue weighted by Crippen LogP contribution is 2.63. The number of hydrogen-bond donors (Lipinski definition) is 0. The van der Waals surface area contributed by atoms with Gasteiger partial charge in [-0.1, -0.05) is 194 Å². The summed E-state index contributed by atoms with van der Waals surface area (Å²) in [4.78, 5) is 15.3. The largest absolute Gasteiger partial charge is 0.208 e. The minimum absolute atomic E-state index is 0.411. The van der Waals surface area contributed by atoms with Crippen molar-refractivity contribution < 1.29 is 0 Å². The summed E-state index contributed by atoms with van der Waals surface area (Å²) in [6.07, 6.45) is 0. The molecule has 1 heterocycles. The smallest absolute Gasteiger partial charge is 0.164 e. The average Bonchev–Trinajstić information content (AvgIpc) is 3.77. The second-order valence-corrected chi connectivity index (χ2v) is 15.1. The normalized spacial score (nSPS) is 13.1. The number of rotatable bonds is 5. The maximum Gasteiger partial charge on any atom is 0.164 e. The van der Waals surface area contributed by atoms with Crippen LogP contribution in [0.25, 0.3) is 89.1 Å². The third-order valence-corrected chi connectivity index (χ3v) is 12.1. The third-order valence-electron chi connectivity index (χ3n) is 12.1. The zero-order chi connectivity index (χ0) is 37.5. The summed E-state index contributed by atoms with van der Waals surface area (Å²) >= 11 is 0. The quantitative estimate of drug-likeness (QED) is 0.166. The lowest BCUT2D eigenvalue weighted by Crippen LogP contribution is -2.26. The number of nitrogens with zero attached hydrogens (tertiary/aromatic N) is 3. The van der Waals surface area contributed by atoms with Crippen molar-refractivity contribution >= 4 is 21.5 Å². The van der Waals surface area contributed by atoms with Crippen molar-refractivity contribution in [3.05, 3.63) is 222 Å². The highest BCUT2D eigenvalue weighted by molar-refractivity contribution is 6.17. The van der Waals surface area contributed by atoms with E-state index in [0.29, 0.717) is 17.5 Å². The first-order chi connectivity index (χ1) is 28.3. The van der Waals surface area contributed by atoms with Gasteiger partial charge in [0.05, 0.1) is 5.41 Å². The van der Waals surface area contributed by atoms with Crippen LogP contribution in [0.5, 0.6) is 0 Å². The van der Waals surface area contributed by atoms with E-state index >= 15 is 0 Å². The van der Waals surface area contributed by atoms with Crippen LogP contribution in [0.2, 0.25) is 0 Å². The van der Waals surface area contributed by atoms with Gasteiger partial charge in [-0.3, -0.25) is 0 Å². The van der Waals surface area contributed by atoms with Crippen LogP contribution in [-0.4, -0.2) is 15.0 Å². The monoisotopic (exact) mass is 723 g/mol. The fourth-order valence-corrected chi connectivity index (χ4v) is 9.69. The van der Waals surface area contributed by atoms with Crippen LogP contribution >= 0.6 is 0 Å². The third kappa shape index (κ3) is 4.63. The summed E-state index contributed by atoms with van der Waals surface area (Å²) < 4.78 is 0. The van der Waals surface area contributed by atoms with Crippen LogP contribution in [0.15, 0.2) is 200 Å². The molecule has 0 saturated carbocycles. The second-order valence-electron chi connectivity index (χ2n) is 15.1. The van der Waals surface area contributed by atoms with E-state index < -0.39 is 5.41 Å². The topological polar surface area (TPSA) is 38.7 Å². The van der Waals surface area contributed by atoms with Gasteiger partial charge in [0.15, 0.2) is 17.5 Å². The van der Waals surface area contributed by atoms with E-state index in [-0.39, 0.29) is 0 Å². The minimum atomic E-state index is -0.411. The van der Waals surface area contributed by atoms with E-state index in [4.69, 9.17) is 15.0 Å². The minimum Gasteiger partial charge on any atom is -0.208 e. The number of benzene rings is 9. The van der Waals surface area contributed by atoms with Gasteiger partial charge in [-0.2, -0.15) is 0 Å². The molecular formula is C54H33N3. The number of hydrogen-bond acceptors (Lipinski definition) is 3. The molecule has 1 aromatic heterocycles. The molecule has 2 aliphatic carbocycles. The summed E-state index contributed by atoms with van der Waals surface area (Å²) in [6.45, 7) is 0. The van der Waals surface area contributed by atoms with Gasteiger partial charge in [0.1, 0.15) is 0 Å². The van der Waals surface area contributed by atoms with Crippen LogP contribution in [0.4, 0.5) is 0 Å². The highest BCUT2D eigenvalue weighted by atomic mass is 15.0. The molecule has 264 valence electrons. The maximum atomic E-state index is 5.15. The SMILES string of the molecule is c1ccc(-c2ccc(-c3nc(-c4ccccc4)nc(-c4cccc(-c5cccc6c5-c5ccccc5C65c6cccc7ccc8cccc5c8c67)c4)n3)cc2)cc1. The van der Waals surface area contributed by atoms with Gasteiger partial charge in [0.25, 0.3) is 0 Å². The summed E-state index contributed by atoms with van der Waals surface area (Å²) in [6, 6.07) is 72.0. The molecule has 0 radical (unpaired) electrons. The van der Waals surface area contributed by atoms with Gasteiger partial charge in [-0.05, 0) is 83.2 Å². The van der Waals surface area contributed by atoms with Crippen molar-refractivity contribution in [2.24, 2.45) is 0 Å². The zero-order valence-corrected chi connectivity index (χ0v) is 30.9. The second kappa shape index (κ2) is 12.3. The molecule has 9 aromatic carbocycles. The van der Waals surface area contributed by atoms with Crippen molar-refractivity contribution in [3.8, 4) is 67.5 Å². The molecule has 12 rings (SSSR count). The molecule has 0 unspecified atom stereocenters. The van der Waals surface area contributed by atoms with Crippen molar-refractivity contribution in [1.29, 1.82) is 0 Å². The van der Waals surface area contributed by atoms with Gasteiger partial charge in [0, 0.05) is 16.7 Å². The summed E-state index contributed by atoms with van der Waals surface area (Å²) in [5.41, 5.74) is 15.0. The van der Waals surface area contributed by atoms with E-state index in [1.807, 2.05) is 24.3 Å². The lowest BCUT2D eigenvalue weighted by molar-refractivity contribution is 0.797. The molecular weight excluding hydrogens is 691 g/mol. The van der Waals surface area contributed by atoms with E-state index in [1.165, 1.54) is 66.1 Å². The first-order valence-electron chi connectivity index (χ1n) is 19.5. The summed E-state index contributed by atoms with van der Waals surface area (Å²) in [7, 11) is 0. The fraction of sp³-hybridized carbons (Fsp3) is 0.0185.